The fourth-order valence-electron chi connectivity index (χ4n) is 3.53. The van der Waals surface area contributed by atoms with Crippen LogP contribution in [0.2, 0.25) is 0 Å². The van der Waals surface area contributed by atoms with Gasteiger partial charge in [-0.05, 0) is 37.0 Å². The first-order valence-electron chi connectivity index (χ1n) is 9.99. The fourth-order valence-corrected chi connectivity index (χ4v) is 4.93. The van der Waals surface area contributed by atoms with Gasteiger partial charge in [0.1, 0.15) is 0 Å². The van der Waals surface area contributed by atoms with Crippen LogP contribution in [-0.4, -0.2) is 57.4 Å². The molecule has 162 valence electrons. The molecule has 7 nitrogen and oxygen atoms in total. The normalized spacial score (nSPS) is 14.6. The lowest BCUT2D eigenvalue weighted by Crippen LogP contribution is -2.44. The molecule has 1 saturated heterocycles. The molecule has 0 N–H and O–H groups in total. The van der Waals surface area contributed by atoms with Crippen molar-refractivity contribution in [3.63, 3.8) is 0 Å². The predicted molar refractivity (Wildman–Crippen MR) is 114 cm³/mol. The van der Waals surface area contributed by atoms with E-state index < -0.39 is 10.0 Å². The highest BCUT2D eigenvalue weighted by Crippen LogP contribution is 2.31. The number of ether oxygens (including phenoxy) is 2. The second-order valence-corrected chi connectivity index (χ2v) is 9.15. The third-order valence-corrected chi connectivity index (χ3v) is 7.00. The monoisotopic (exact) mass is 432 g/mol. The van der Waals surface area contributed by atoms with Crippen LogP contribution in [0.5, 0.6) is 11.5 Å². The van der Waals surface area contributed by atoms with E-state index in [4.69, 9.17) is 9.47 Å². The molecule has 0 atom stereocenters. The minimum Gasteiger partial charge on any atom is -0.493 e. The molecule has 0 spiro atoms. The van der Waals surface area contributed by atoms with Crippen LogP contribution >= 0.6 is 0 Å². The zero-order valence-corrected chi connectivity index (χ0v) is 18.2. The van der Waals surface area contributed by atoms with E-state index >= 15 is 0 Å². The van der Waals surface area contributed by atoms with Crippen molar-refractivity contribution in [2.24, 2.45) is 0 Å². The van der Waals surface area contributed by atoms with Crippen LogP contribution < -0.4 is 9.47 Å². The van der Waals surface area contributed by atoms with Crippen LogP contribution in [0, 0.1) is 0 Å². The highest BCUT2D eigenvalue weighted by atomic mass is 32.2. The van der Waals surface area contributed by atoms with E-state index in [1.165, 1.54) is 30.7 Å². The highest BCUT2D eigenvalue weighted by Gasteiger charge is 2.30. The van der Waals surface area contributed by atoms with Gasteiger partial charge in [0.15, 0.2) is 11.5 Å². The quantitative estimate of drug-likeness (QED) is 0.641. The lowest BCUT2D eigenvalue weighted by atomic mass is 10.1. The number of sulfonamides is 1. The maximum atomic E-state index is 13.5. The Morgan fingerprint density at radius 2 is 1.63 bits per heavy atom. The molecule has 1 aliphatic heterocycles. The summed E-state index contributed by atoms with van der Waals surface area (Å²) in [6.07, 6.45) is 3.00. The van der Waals surface area contributed by atoms with Crippen molar-refractivity contribution in [2.45, 2.75) is 30.7 Å². The summed E-state index contributed by atoms with van der Waals surface area (Å²) in [7, 11) is -0.995. The Morgan fingerprint density at radius 3 is 2.27 bits per heavy atom. The molecule has 2 aromatic carbocycles. The number of methoxy groups -OCH3 is 2. The molecule has 0 bridgehead atoms. The second kappa shape index (κ2) is 9.95. The van der Waals surface area contributed by atoms with Gasteiger partial charge < -0.3 is 14.4 Å². The van der Waals surface area contributed by atoms with Gasteiger partial charge in [0.05, 0.1) is 25.7 Å². The smallest absolute Gasteiger partial charge is 0.243 e. The van der Waals surface area contributed by atoms with Crippen LogP contribution in [0.15, 0.2) is 53.4 Å². The molecule has 30 heavy (non-hydrogen) atoms. The van der Waals surface area contributed by atoms with Crippen molar-refractivity contribution in [3.8, 4) is 11.5 Å². The molecule has 2 aromatic rings. The van der Waals surface area contributed by atoms with E-state index in [1.807, 2.05) is 30.3 Å². The Kier molecular flexibility index (Phi) is 7.33. The molecule has 1 amide bonds. The molecule has 1 aliphatic rings. The Hall–Kier alpha value is -2.58. The highest BCUT2D eigenvalue weighted by molar-refractivity contribution is 7.89. The van der Waals surface area contributed by atoms with E-state index in [1.54, 1.807) is 11.0 Å². The van der Waals surface area contributed by atoms with Crippen LogP contribution in [0.1, 0.15) is 24.8 Å². The van der Waals surface area contributed by atoms with Crippen LogP contribution in [-0.2, 0) is 21.4 Å². The minimum atomic E-state index is -3.94. The van der Waals surface area contributed by atoms with Crippen LogP contribution in [0.25, 0.3) is 0 Å². The number of amides is 1. The number of likely N-dealkylation sites (tertiary alicyclic amines) is 1. The molecule has 0 aromatic heterocycles. The lowest BCUT2D eigenvalue weighted by Gasteiger charge is -2.30. The minimum absolute atomic E-state index is 0.0579. The van der Waals surface area contributed by atoms with Gasteiger partial charge in [-0.15, -0.1) is 0 Å². The summed E-state index contributed by atoms with van der Waals surface area (Å²) >= 11 is 0. The van der Waals surface area contributed by atoms with Crippen molar-refractivity contribution in [1.82, 2.24) is 9.21 Å². The molecule has 3 rings (SSSR count). The molecular formula is C22H28N2O5S. The number of piperidine rings is 1. The van der Waals surface area contributed by atoms with Gasteiger partial charge >= 0.3 is 0 Å². The Labute approximate surface area is 178 Å². The van der Waals surface area contributed by atoms with Crippen molar-refractivity contribution in [1.29, 1.82) is 0 Å². The van der Waals surface area contributed by atoms with Crippen molar-refractivity contribution >= 4 is 15.9 Å². The summed E-state index contributed by atoms with van der Waals surface area (Å²) in [6, 6.07) is 13.7. The third kappa shape index (κ3) is 5.12. The van der Waals surface area contributed by atoms with Gasteiger partial charge in [-0.1, -0.05) is 30.3 Å². The predicted octanol–water partition coefficient (Wildman–Crippen LogP) is 2.91. The largest absolute Gasteiger partial charge is 0.493 e. The first-order valence-corrected chi connectivity index (χ1v) is 11.4. The van der Waals surface area contributed by atoms with E-state index in [-0.39, 0.29) is 23.9 Å². The topological polar surface area (TPSA) is 76.2 Å². The van der Waals surface area contributed by atoms with E-state index in [0.717, 1.165) is 24.8 Å². The van der Waals surface area contributed by atoms with Crippen LogP contribution in [0.3, 0.4) is 0 Å². The second-order valence-electron chi connectivity index (χ2n) is 7.22. The van der Waals surface area contributed by atoms with Crippen molar-refractivity contribution < 1.29 is 22.7 Å². The van der Waals surface area contributed by atoms with Crippen molar-refractivity contribution in [2.75, 3.05) is 33.9 Å². The Bertz CT molecular complexity index is 957. The first kappa shape index (κ1) is 22.1. The first-order chi connectivity index (χ1) is 14.5. The molecule has 0 saturated carbocycles. The number of benzene rings is 2. The van der Waals surface area contributed by atoms with Gasteiger partial charge in [0, 0.05) is 25.7 Å². The number of hydrogen-bond acceptors (Lipinski definition) is 5. The summed E-state index contributed by atoms with van der Waals surface area (Å²) in [4.78, 5) is 14.7. The molecule has 0 radical (unpaired) electrons. The summed E-state index contributed by atoms with van der Waals surface area (Å²) < 4.78 is 38.7. The van der Waals surface area contributed by atoms with E-state index in [0.29, 0.717) is 24.6 Å². The molecule has 0 unspecified atom stereocenters. The van der Waals surface area contributed by atoms with Crippen LogP contribution in [0.4, 0.5) is 0 Å². The van der Waals surface area contributed by atoms with Gasteiger partial charge in [0.2, 0.25) is 15.9 Å². The number of hydrogen-bond donors (Lipinski definition) is 0. The molecule has 1 fully saturated rings. The summed E-state index contributed by atoms with van der Waals surface area (Å²) in [5.41, 5.74) is 0.813. The molecule has 1 heterocycles. The Morgan fingerprint density at radius 1 is 0.967 bits per heavy atom. The Balaban J connectivity index is 1.92. The van der Waals surface area contributed by atoms with Gasteiger partial charge in [0.25, 0.3) is 0 Å². The summed E-state index contributed by atoms with van der Waals surface area (Å²) in [6.45, 7) is 1.26. The molecular weight excluding hydrogens is 404 g/mol. The maximum Gasteiger partial charge on any atom is 0.243 e. The number of nitrogens with zero attached hydrogens (tertiary/aromatic N) is 2. The number of rotatable bonds is 8. The van der Waals surface area contributed by atoms with Crippen molar-refractivity contribution in [3.05, 3.63) is 54.1 Å². The third-order valence-electron chi connectivity index (χ3n) is 5.21. The number of carbonyl (C=O) groups is 1. The standard InChI is InChI=1S/C22H28N2O5S/c1-28-20-12-11-19(15-21(20)29-2)30(26,27)24(16-18-9-5-3-6-10-18)17-22(25)23-13-7-4-8-14-23/h3,5-6,9-12,15H,4,7-8,13-14,16-17H2,1-2H3. The summed E-state index contributed by atoms with van der Waals surface area (Å²) in [5.74, 6) is 0.589. The van der Waals surface area contributed by atoms with Gasteiger partial charge in [-0.25, -0.2) is 8.42 Å². The van der Waals surface area contributed by atoms with Gasteiger partial charge in [-0.3, -0.25) is 4.79 Å². The SMILES string of the molecule is COc1ccc(S(=O)(=O)N(CC(=O)N2CCCCC2)Cc2ccccc2)cc1OC. The van der Waals surface area contributed by atoms with E-state index in [2.05, 4.69) is 0 Å². The average Bonchev–Trinajstić information content (AvgIpc) is 2.79. The van der Waals surface area contributed by atoms with Gasteiger partial charge in [-0.2, -0.15) is 4.31 Å². The fraction of sp³-hybridized carbons (Fsp3) is 0.409. The zero-order valence-electron chi connectivity index (χ0n) is 17.4. The number of carbonyl (C=O) groups excluding carboxylic acids is 1. The molecule has 0 aliphatic carbocycles. The average molecular weight is 433 g/mol. The lowest BCUT2D eigenvalue weighted by molar-refractivity contribution is -0.132. The maximum absolute atomic E-state index is 13.5. The van der Waals surface area contributed by atoms with E-state index in [9.17, 15) is 13.2 Å². The zero-order chi connectivity index (χ0) is 21.6. The molecule has 8 heteroatoms. The summed E-state index contributed by atoms with van der Waals surface area (Å²) in [5, 5.41) is 0.